The number of ether oxygens (including phenoxy) is 2. The number of pyridine rings is 1. The Morgan fingerprint density at radius 2 is 2.24 bits per heavy atom. The van der Waals surface area contributed by atoms with Crippen molar-refractivity contribution in [1.29, 1.82) is 0 Å². The zero-order valence-electron chi connectivity index (χ0n) is 13.8. The largest absolute Gasteiger partial charge is 0.467 e. The zero-order valence-corrected chi connectivity index (χ0v) is 13.8. The predicted octanol–water partition coefficient (Wildman–Crippen LogP) is 0.627. The van der Waals surface area contributed by atoms with Crippen molar-refractivity contribution in [1.82, 2.24) is 14.9 Å². The van der Waals surface area contributed by atoms with Crippen LogP contribution in [0, 0.1) is 0 Å². The highest BCUT2D eigenvalue weighted by Crippen LogP contribution is 2.20. The highest BCUT2D eigenvalue weighted by Gasteiger charge is 2.12. The van der Waals surface area contributed by atoms with Gasteiger partial charge in [0.15, 0.2) is 0 Å². The number of amides is 1. The molecule has 0 aliphatic heterocycles. The highest BCUT2D eigenvalue weighted by molar-refractivity contribution is 5.90. The molecule has 2 heterocycles. The number of imidazole rings is 1. The molecule has 134 valence electrons. The minimum absolute atomic E-state index is 0.232. The van der Waals surface area contributed by atoms with Crippen molar-refractivity contribution in [2.75, 3.05) is 32.2 Å². The lowest BCUT2D eigenvalue weighted by Gasteiger charge is -2.08. The van der Waals surface area contributed by atoms with Crippen LogP contribution >= 0.6 is 0 Å². The summed E-state index contributed by atoms with van der Waals surface area (Å²) in [5.74, 6) is 0.152. The number of methoxy groups -OCH3 is 1. The Hall–Kier alpha value is -2.91. The van der Waals surface area contributed by atoms with Crippen LogP contribution in [-0.2, 0) is 25.5 Å². The van der Waals surface area contributed by atoms with Crippen molar-refractivity contribution in [2.24, 2.45) is 0 Å². The number of fused-ring (bicyclic) bond motifs is 1. The lowest BCUT2D eigenvalue weighted by molar-refractivity contribution is -0.128. The van der Waals surface area contributed by atoms with Crippen molar-refractivity contribution in [3.63, 3.8) is 0 Å². The van der Waals surface area contributed by atoms with E-state index in [4.69, 9.17) is 14.7 Å². The number of nitrogens with zero attached hydrogens (tertiary/aromatic N) is 2. The molecule has 0 aliphatic carbocycles. The van der Waals surface area contributed by atoms with Gasteiger partial charge >= 0.3 is 0 Å². The van der Waals surface area contributed by atoms with Gasteiger partial charge in [-0.3, -0.25) is 19.2 Å². The standard InChI is InChI=1S/C16H20N4O5/c1-24-9-7-17-16-13(6-8-25-11-21)18-14-4-2-12(10-20(14)16)3-5-15(22)19-23/h2-5,10-11,17,23H,6-9H2,1H3,(H,19,22). The summed E-state index contributed by atoms with van der Waals surface area (Å²) in [4.78, 5) is 26.0. The second-order valence-corrected chi connectivity index (χ2v) is 5.04. The third kappa shape index (κ3) is 5.03. The van der Waals surface area contributed by atoms with E-state index in [1.165, 1.54) is 11.6 Å². The minimum atomic E-state index is -0.615. The Balaban J connectivity index is 2.32. The first kappa shape index (κ1) is 18.4. The molecule has 0 saturated heterocycles. The summed E-state index contributed by atoms with van der Waals surface area (Å²) in [5, 5.41) is 11.8. The van der Waals surface area contributed by atoms with Crippen molar-refractivity contribution < 1.29 is 24.3 Å². The average molecular weight is 348 g/mol. The minimum Gasteiger partial charge on any atom is -0.467 e. The molecule has 2 aromatic rings. The molecule has 0 spiro atoms. The maximum atomic E-state index is 11.1. The van der Waals surface area contributed by atoms with Crippen molar-refractivity contribution >= 4 is 29.9 Å². The molecule has 0 fully saturated rings. The number of hydroxylamine groups is 1. The first-order valence-electron chi connectivity index (χ1n) is 7.60. The fourth-order valence-electron chi connectivity index (χ4n) is 2.25. The Labute approximate surface area is 144 Å². The van der Waals surface area contributed by atoms with Gasteiger partial charge in [-0.2, -0.15) is 0 Å². The van der Waals surface area contributed by atoms with E-state index < -0.39 is 5.91 Å². The second-order valence-electron chi connectivity index (χ2n) is 5.04. The summed E-state index contributed by atoms with van der Waals surface area (Å²) < 4.78 is 11.7. The molecule has 0 unspecified atom stereocenters. The molecule has 9 heteroatoms. The smallest absolute Gasteiger partial charge is 0.293 e. The first-order valence-corrected chi connectivity index (χ1v) is 7.60. The topological polar surface area (TPSA) is 114 Å². The molecule has 0 saturated carbocycles. The molecule has 0 aliphatic rings. The average Bonchev–Trinajstić information content (AvgIpc) is 2.97. The maximum absolute atomic E-state index is 11.1. The maximum Gasteiger partial charge on any atom is 0.293 e. The van der Waals surface area contributed by atoms with Crippen LogP contribution in [0.25, 0.3) is 11.7 Å². The van der Waals surface area contributed by atoms with E-state index in [-0.39, 0.29) is 6.61 Å². The molecule has 2 aromatic heterocycles. The van der Waals surface area contributed by atoms with Crippen LogP contribution in [-0.4, -0.2) is 53.8 Å². The summed E-state index contributed by atoms with van der Waals surface area (Å²) in [6, 6.07) is 3.61. The summed E-state index contributed by atoms with van der Waals surface area (Å²) in [6.45, 7) is 1.74. The molecule has 9 nitrogen and oxygen atoms in total. The molecule has 0 radical (unpaired) electrons. The summed E-state index contributed by atoms with van der Waals surface area (Å²) in [6.07, 6.45) is 5.06. The van der Waals surface area contributed by atoms with Gasteiger partial charge < -0.3 is 14.8 Å². The Morgan fingerprint density at radius 3 is 2.96 bits per heavy atom. The SMILES string of the molecule is COCCNc1c(CCOC=O)nc2ccc(C=CC(=O)NO)cn12. The van der Waals surface area contributed by atoms with Crippen LogP contribution < -0.4 is 10.8 Å². The third-order valence-corrected chi connectivity index (χ3v) is 3.37. The van der Waals surface area contributed by atoms with Gasteiger partial charge in [0.1, 0.15) is 11.5 Å². The molecular formula is C16H20N4O5. The molecule has 0 bridgehead atoms. The molecule has 0 atom stereocenters. The van der Waals surface area contributed by atoms with Gasteiger partial charge in [-0.05, 0) is 23.8 Å². The lowest BCUT2D eigenvalue weighted by atomic mass is 10.2. The van der Waals surface area contributed by atoms with Gasteiger partial charge in [0, 0.05) is 32.3 Å². The van der Waals surface area contributed by atoms with Crippen LogP contribution in [0.5, 0.6) is 0 Å². The van der Waals surface area contributed by atoms with Crippen LogP contribution in [0.4, 0.5) is 5.82 Å². The molecular weight excluding hydrogens is 328 g/mol. The molecule has 2 rings (SSSR count). The van der Waals surface area contributed by atoms with Crippen LogP contribution in [0.2, 0.25) is 0 Å². The fraction of sp³-hybridized carbons (Fsp3) is 0.312. The van der Waals surface area contributed by atoms with Gasteiger partial charge in [0.05, 0.1) is 18.9 Å². The van der Waals surface area contributed by atoms with Crippen molar-refractivity contribution in [3.8, 4) is 0 Å². The van der Waals surface area contributed by atoms with Gasteiger partial charge in [0.25, 0.3) is 12.4 Å². The number of nitrogens with one attached hydrogen (secondary N) is 2. The quantitative estimate of drug-likeness (QED) is 0.190. The number of aromatic nitrogens is 2. The van der Waals surface area contributed by atoms with Crippen LogP contribution in [0.1, 0.15) is 11.3 Å². The summed E-state index contributed by atoms with van der Waals surface area (Å²) in [5.41, 5.74) is 3.76. The number of anilines is 1. The van der Waals surface area contributed by atoms with Gasteiger partial charge in [0.2, 0.25) is 0 Å². The number of carbonyl (C=O) groups excluding carboxylic acids is 2. The lowest BCUT2D eigenvalue weighted by Crippen LogP contribution is -2.14. The predicted molar refractivity (Wildman–Crippen MR) is 90.2 cm³/mol. The van der Waals surface area contributed by atoms with Crippen LogP contribution in [0.3, 0.4) is 0 Å². The number of hydrogen-bond acceptors (Lipinski definition) is 7. The van der Waals surface area contributed by atoms with E-state index in [1.807, 2.05) is 16.7 Å². The first-order chi connectivity index (χ1) is 12.2. The van der Waals surface area contributed by atoms with E-state index in [9.17, 15) is 9.59 Å². The Morgan fingerprint density at radius 1 is 1.40 bits per heavy atom. The number of hydrogen-bond donors (Lipinski definition) is 3. The molecule has 0 aromatic carbocycles. The van der Waals surface area contributed by atoms with E-state index in [0.717, 1.165) is 17.1 Å². The van der Waals surface area contributed by atoms with Gasteiger partial charge in [-0.25, -0.2) is 10.5 Å². The van der Waals surface area contributed by atoms with E-state index in [0.29, 0.717) is 31.7 Å². The van der Waals surface area contributed by atoms with Crippen LogP contribution in [0.15, 0.2) is 24.4 Å². The normalized spacial score (nSPS) is 11.0. The van der Waals surface area contributed by atoms with Gasteiger partial charge in [-0.1, -0.05) is 0 Å². The number of rotatable bonds is 10. The monoisotopic (exact) mass is 348 g/mol. The van der Waals surface area contributed by atoms with E-state index in [2.05, 4.69) is 10.3 Å². The zero-order chi connectivity index (χ0) is 18.1. The Kier molecular flexibility index (Phi) is 6.93. The summed E-state index contributed by atoms with van der Waals surface area (Å²) in [7, 11) is 1.62. The molecule has 3 N–H and O–H groups in total. The molecule has 1 amide bonds. The number of carbonyl (C=O) groups is 2. The Bertz CT molecular complexity index is 756. The van der Waals surface area contributed by atoms with E-state index >= 15 is 0 Å². The van der Waals surface area contributed by atoms with Crippen molar-refractivity contribution in [2.45, 2.75) is 6.42 Å². The van der Waals surface area contributed by atoms with E-state index in [1.54, 1.807) is 19.3 Å². The second kappa shape index (κ2) is 9.40. The van der Waals surface area contributed by atoms with Gasteiger partial charge in [-0.15, -0.1) is 0 Å². The van der Waals surface area contributed by atoms with Crippen molar-refractivity contribution in [3.05, 3.63) is 35.7 Å². The summed E-state index contributed by atoms with van der Waals surface area (Å²) >= 11 is 0. The molecule has 25 heavy (non-hydrogen) atoms. The highest BCUT2D eigenvalue weighted by atomic mass is 16.5. The fourth-order valence-corrected chi connectivity index (χ4v) is 2.25. The third-order valence-electron chi connectivity index (χ3n) is 3.37.